The predicted octanol–water partition coefficient (Wildman–Crippen LogP) is 2.77. The average Bonchev–Trinajstić information content (AvgIpc) is 2.86. The van der Waals surface area contributed by atoms with Crippen molar-refractivity contribution in [1.29, 1.82) is 0 Å². The lowest BCUT2D eigenvalue weighted by molar-refractivity contribution is 0.0703. The molecule has 2 aromatic rings. The number of aromatic carboxylic acids is 1. The maximum Gasteiger partial charge on any atom is 0.348 e. The molecule has 1 aromatic heterocycles. The van der Waals surface area contributed by atoms with Crippen LogP contribution in [0.15, 0.2) is 41.8 Å². The highest BCUT2D eigenvalue weighted by Crippen LogP contribution is 2.21. The largest absolute Gasteiger partial charge is 0.477 e. The Morgan fingerprint density at radius 3 is 2.58 bits per heavy atom. The van der Waals surface area contributed by atoms with Crippen molar-refractivity contribution in [1.82, 2.24) is 5.32 Å². The quantitative estimate of drug-likeness (QED) is 0.803. The van der Waals surface area contributed by atoms with Gasteiger partial charge in [0.25, 0.3) is 0 Å². The van der Waals surface area contributed by atoms with E-state index in [1.54, 1.807) is 11.4 Å². The Balaban J connectivity index is 1.91. The summed E-state index contributed by atoms with van der Waals surface area (Å²) in [5.74, 6) is -1.05. The molecule has 0 aliphatic carbocycles. The molecule has 0 aliphatic heterocycles. The van der Waals surface area contributed by atoms with Crippen molar-refractivity contribution in [2.75, 3.05) is 5.32 Å². The Bertz CT molecular complexity index is 581. The summed E-state index contributed by atoms with van der Waals surface area (Å²) in [6.07, 6.45) is 0. The lowest BCUT2D eigenvalue weighted by Gasteiger charge is -2.07. The average molecular weight is 276 g/mol. The topological polar surface area (TPSA) is 78.4 Å². The molecule has 2 rings (SSSR count). The van der Waals surface area contributed by atoms with Crippen LogP contribution in [0.2, 0.25) is 0 Å². The van der Waals surface area contributed by atoms with E-state index in [-0.39, 0.29) is 4.88 Å². The van der Waals surface area contributed by atoms with E-state index in [1.807, 2.05) is 30.3 Å². The number of carboxylic acid groups (broad SMARTS) is 1. The summed E-state index contributed by atoms with van der Waals surface area (Å²) in [6.45, 7) is 0.388. The minimum Gasteiger partial charge on any atom is -0.477 e. The fourth-order valence-electron chi connectivity index (χ4n) is 1.52. The SMILES string of the molecule is O=C(NCc1ccccc1)Nc1ccsc1C(=O)O. The molecule has 0 unspecified atom stereocenters. The van der Waals surface area contributed by atoms with Gasteiger partial charge in [0, 0.05) is 6.54 Å². The first kappa shape index (κ1) is 13.1. The van der Waals surface area contributed by atoms with E-state index in [4.69, 9.17) is 5.11 Å². The normalized spacial score (nSPS) is 9.89. The third kappa shape index (κ3) is 3.56. The van der Waals surface area contributed by atoms with Crippen LogP contribution in [0.1, 0.15) is 15.2 Å². The number of hydrogen-bond donors (Lipinski definition) is 3. The Morgan fingerprint density at radius 2 is 1.89 bits per heavy atom. The number of hydrogen-bond acceptors (Lipinski definition) is 3. The standard InChI is InChI=1S/C13H12N2O3S/c16-12(17)11-10(6-7-19-11)15-13(18)14-8-9-4-2-1-3-5-9/h1-7H,8H2,(H,16,17)(H2,14,15,18). The highest BCUT2D eigenvalue weighted by atomic mass is 32.1. The van der Waals surface area contributed by atoms with E-state index in [9.17, 15) is 9.59 Å². The van der Waals surface area contributed by atoms with Crippen molar-refractivity contribution < 1.29 is 14.7 Å². The molecule has 2 amide bonds. The molecule has 0 saturated carbocycles. The van der Waals surface area contributed by atoms with Gasteiger partial charge in [0.2, 0.25) is 0 Å². The van der Waals surface area contributed by atoms with E-state index in [0.29, 0.717) is 12.2 Å². The van der Waals surface area contributed by atoms with Crippen LogP contribution >= 0.6 is 11.3 Å². The monoisotopic (exact) mass is 276 g/mol. The summed E-state index contributed by atoms with van der Waals surface area (Å²) in [6, 6.07) is 10.6. The predicted molar refractivity (Wildman–Crippen MR) is 73.6 cm³/mol. The van der Waals surface area contributed by atoms with Crippen molar-refractivity contribution in [2.45, 2.75) is 6.54 Å². The molecule has 1 aromatic carbocycles. The van der Waals surface area contributed by atoms with Gasteiger partial charge in [-0.1, -0.05) is 30.3 Å². The molecule has 98 valence electrons. The minimum atomic E-state index is -1.05. The van der Waals surface area contributed by atoms with Crippen molar-refractivity contribution >= 4 is 29.0 Å². The van der Waals surface area contributed by atoms with Crippen molar-refractivity contribution in [3.63, 3.8) is 0 Å². The summed E-state index contributed by atoms with van der Waals surface area (Å²) in [7, 11) is 0. The molecule has 6 heteroatoms. The number of amides is 2. The Morgan fingerprint density at radius 1 is 1.16 bits per heavy atom. The van der Waals surface area contributed by atoms with Gasteiger partial charge in [0.05, 0.1) is 5.69 Å². The Hall–Kier alpha value is -2.34. The van der Waals surface area contributed by atoms with Gasteiger partial charge in [-0.25, -0.2) is 9.59 Å². The number of carbonyl (C=O) groups is 2. The lowest BCUT2D eigenvalue weighted by atomic mass is 10.2. The van der Waals surface area contributed by atoms with Gasteiger partial charge in [-0.15, -0.1) is 11.3 Å². The number of rotatable bonds is 4. The highest BCUT2D eigenvalue weighted by Gasteiger charge is 2.13. The number of nitrogens with one attached hydrogen (secondary N) is 2. The molecule has 19 heavy (non-hydrogen) atoms. The van der Waals surface area contributed by atoms with Gasteiger partial charge in [-0.2, -0.15) is 0 Å². The first-order valence-corrected chi connectivity index (χ1v) is 6.44. The van der Waals surface area contributed by atoms with Crippen molar-refractivity contribution in [3.8, 4) is 0 Å². The van der Waals surface area contributed by atoms with Gasteiger partial charge in [-0.3, -0.25) is 0 Å². The number of carbonyl (C=O) groups excluding carboxylic acids is 1. The zero-order valence-electron chi connectivity index (χ0n) is 9.92. The molecule has 0 radical (unpaired) electrons. The maximum atomic E-state index is 11.6. The maximum absolute atomic E-state index is 11.6. The van der Waals surface area contributed by atoms with Crippen LogP contribution < -0.4 is 10.6 Å². The summed E-state index contributed by atoms with van der Waals surface area (Å²) < 4.78 is 0. The molecule has 0 aliphatic rings. The number of thiophene rings is 1. The summed E-state index contributed by atoms with van der Waals surface area (Å²) in [5, 5.41) is 15.7. The van der Waals surface area contributed by atoms with Crippen LogP contribution in [0.4, 0.5) is 10.5 Å². The lowest BCUT2D eigenvalue weighted by Crippen LogP contribution is -2.28. The highest BCUT2D eigenvalue weighted by molar-refractivity contribution is 7.12. The third-order valence-corrected chi connectivity index (χ3v) is 3.31. The van der Waals surface area contributed by atoms with Crippen LogP contribution in [-0.4, -0.2) is 17.1 Å². The van der Waals surface area contributed by atoms with E-state index in [2.05, 4.69) is 10.6 Å². The number of anilines is 1. The van der Waals surface area contributed by atoms with Crippen LogP contribution in [0, 0.1) is 0 Å². The zero-order valence-corrected chi connectivity index (χ0v) is 10.7. The smallest absolute Gasteiger partial charge is 0.348 e. The first-order valence-electron chi connectivity index (χ1n) is 5.56. The van der Waals surface area contributed by atoms with Gasteiger partial charge in [0.15, 0.2) is 0 Å². The number of benzene rings is 1. The molecular weight excluding hydrogens is 264 g/mol. The van der Waals surface area contributed by atoms with Crippen molar-refractivity contribution in [3.05, 3.63) is 52.2 Å². The van der Waals surface area contributed by atoms with Crippen LogP contribution in [0.3, 0.4) is 0 Å². The Labute approximate surface area is 113 Å². The second kappa shape index (κ2) is 6.01. The molecule has 0 saturated heterocycles. The molecule has 0 atom stereocenters. The van der Waals surface area contributed by atoms with E-state index in [1.165, 1.54) is 0 Å². The van der Waals surface area contributed by atoms with Crippen molar-refractivity contribution in [2.24, 2.45) is 0 Å². The fourth-order valence-corrected chi connectivity index (χ4v) is 2.21. The molecule has 5 nitrogen and oxygen atoms in total. The van der Waals surface area contributed by atoms with Gasteiger partial charge < -0.3 is 15.7 Å². The molecule has 0 bridgehead atoms. The molecule has 0 fully saturated rings. The van der Waals surface area contributed by atoms with Crippen LogP contribution in [0.25, 0.3) is 0 Å². The van der Waals surface area contributed by atoms with E-state index >= 15 is 0 Å². The fraction of sp³-hybridized carbons (Fsp3) is 0.0769. The number of urea groups is 1. The van der Waals surface area contributed by atoms with E-state index < -0.39 is 12.0 Å². The molecule has 1 heterocycles. The van der Waals surface area contributed by atoms with Crippen LogP contribution in [0.5, 0.6) is 0 Å². The van der Waals surface area contributed by atoms with Gasteiger partial charge >= 0.3 is 12.0 Å². The Kier molecular flexibility index (Phi) is 4.15. The van der Waals surface area contributed by atoms with Crippen LogP contribution in [-0.2, 0) is 6.54 Å². The second-order valence-corrected chi connectivity index (χ2v) is 4.68. The summed E-state index contributed by atoms with van der Waals surface area (Å²) in [5.41, 5.74) is 1.28. The molecule has 0 spiro atoms. The number of carboxylic acids is 1. The van der Waals surface area contributed by atoms with E-state index in [0.717, 1.165) is 16.9 Å². The summed E-state index contributed by atoms with van der Waals surface area (Å²) in [4.78, 5) is 22.7. The van der Waals surface area contributed by atoms with Gasteiger partial charge in [0.1, 0.15) is 4.88 Å². The minimum absolute atomic E-state index is 0.120. The summed E-state index contributed by atoms with van der Waals surface area (Å²) >= 11 is 1.07. The third-order valence-electron chi connectivity index (χ3n) is 2.40. The molecular formula is C13H12N2O3S. The molecule has 3 N–H and O–H groups in total. The zero-order chi connectivity index (χ0) is 13.7. The van der Waals surface area contributed by atoms with Gasteiger partial charge in [-0.05, 0) is 17.0 Å². The first-order chi connectivity index (χ1) is 9.16. The second-order valence-electron chi connectivity index (χ2n) is 3.76.